The van der Waals surface area contributed by atoms with Crippen molar-refractivity contribution in [2.75, 3.05) is 18.9 Å². The van der Waals surface area contributed by atoms with Gasteiger partial charge in [-0.15, -0.1) is 0 Å². The quantitative estimate of drug-likeness (QED) is 0.819. The van der Waals surface area contributed by atoms with Crippen LogP contribution in [0.3, 0.4) is 0 Å². The Morgan fingerprint density at radius 2 is 2.18 bits per heavy atom. The van der Waals surface area contributed by atoms with E-state index in [-0.39, 0.29) is 0 Å². The highest BCUT2D eigenvalue weighted by Crippen LogP contribution is 2.30. The summed E-state index contributed by atoms with van der Waals surface area (Å²) in [5, 5.41) is 3.09. The Kier molecular flexibility index (Phi) is 4.00. The van der Waals surface area contributed by atoms with E-state index in [4.69, 9.17) is 0 Å². The average molecular weight is 233 g/mol. The molecule has 0 bridgehead atoms. The molecule has 1 N–H and O–H groups in total. The summed E-state index contributed by atoms with van der Waals surface area (Å²) in [4.78, 5) is 7.12. The first-order valence-electron chi connectivity index (χ1n) is 6.56. The number of nitrogens with one attached hydrogen (secondary N) is 1. The van der Waals surface area contributed by atoms with Crippen LogP contribution < -0.4 is 5.32 Å². The monoisotopic (exact) mass is 233 g/mol. The standard InChI is InChI=1S/C14H23N3/c1-11(2)17(9-12-7-8-12)10-13-5-4-6-14(15-3)16-13/h4-6,11-12H,7-10H2,1-3H3,(H,15,16). The van der Waals surface area contributed by atoms with Crippen molar-refractivity contribution in [3.05, 3.63) is 23.9 Å². The van der Waals surface area contributed by atoms with E-state index in [0.29, 0.717) is 6.04 Å². The maximum absolute atomic E-state index is 4.59. The fraction of sp³-hybridized carbons (Fsp3) is 0.643. The molecular formula is C14H23N3. The second-order valence-electron chi connectivity index (χ2n) is 5.23. The van der Waals surface area contributed by atoms with Crippen LogP contribution in [-0.2, 0) is 6.54 Å². The summed E-state index contributed by atoms with van der Waals surface area (Å²) >= 11 is 0. The van der Waals surface area contributed by atoms with Crippen LogP contribution in [0.25, 0.3) is 0 Å². The van der Waals surface area contributed by atoms with E-state index in [1.807, 2.05) is 13.1 Å². The first-order chi connectivity index (χ1) is 8.19. The smallest absolute Gasteiger partial charge is 0.126 e. The van der Waals surface area contributed by atoms with E-state index in [1.165, 1.54) is 19.4 Å². The third kappa shape index (κ3) is 3.70. The Morgan fingerprint density at radius 1 is 1.41 bits per heavy atom. The fourth-order valence-electron chi connectivity index (χ4n) is 2.00. The Morgan fingerprint density at radius 3 is 2.76 bits per heavy atom. The number of nitrogens with zero attached hydrogens (tertiary/aromatic N) is 2. The highest BCUT2D eigenvalue weighted by atomic mass is 15.2. The number of hydrogen-bond donors (Lipinski definition) is 1. The maximum Gasteiger partial charge on any atom is 0.126 e. The molecule has 1 fully saturated rings. The number of hydrogen-bond acceptors (Lipinski definition) is 3. The van der Waals surface area contributed by atoms with Gasteiger partial charge in [0, 0.05) is 26.2 Å². The van der Waals surface area contributed by atoms with Crippen LogP contribution in [0.4, 0.5) is 5.82 Å². The molecule has 94 valence electrons. The average Bonchev–Trinajstić information content (AvgIpc) is 3.12. The van der Waals surface area contributed by atoms with E-state index in [2.05, 4.69) is 41.2 Å². The molecule has 0 aliphatic heterocycles. The molecule has 0 unspecified atom stereocenters. The molecule has 3 heteroatoms. The zero-order valence-corrected chi connectivity index (χ0v) is 11.1. The summed E-state index contributed by atoms with van der Waals surface area (Å²) in [5.41, 5.74) is 1.16. The second-order valence-corrected chi connectivity index (χ2v) is 5.23. The van der Waals surface area contributed by atoms with Gasteiger partial charge in [-0.05, 0) is 44.7 Å². The van der Waals surface area contributed by atoms with E-state index < -0.39 is 0 Å². The summed E-state index contributed by atoms with van der Waals surface area (Å²) in [5.74, 6) is 1.89. The topological polar surface area (TPSA) is 28.2 Å². The Hall–Kier alpha value is -1.09. The van der Waals surface area contributed by atoms with Crippen LogP contribution in [0.2, 0.25) is 0 Å². The SMILES string of the molecule is CNc1cccc(CN(CC2CC2)C(C)C)n1. The van der Waals surface area contributed by atoms with Crippen LogP contribution in [0.1, 0.15) is 32.4 Å². The lowest BCUT2D eigenvalue weighted by Gasteiger charge is -2.26. The van der Waals surface area contributed by atoms with Crippen molar-refractivity contribution in [1.29, 1.82) is 0 Å². The number of anilines is 1. The van der Waals surface area contributed by atoms with E-state index >= 15 is 0 Å². The number of pyridine rings is 1. The lowest BCUT2D eigenvalue weighted by Crippen LogP contribution is -2.32. The minimum Gasteiger partial charge on any atom is -0.373 e. The van der Waals surface area contributed by atoms with Gasteiger partial charge in [-0.2, -0.15) is 0 Å². The molecule has 2 rings (SSSR count). The molecule has 0 spiro atoms. The summed E-state index contributed by atoms with van der Waals surface area (Å²) in [6.45, 7) is 6.72. The zero-order chi connectivity index (χ0) is 12.3. The minimum absolute atomic E-state index is 0.593. The van der Waals surface area contributed by atoms with Crippen molar-refractivity contribution in [1.82, 2.24) is 9.88 Å². The molecule has 1 heterocycles. The first kappa shape index (κ1) is 12.4. The van der Waals surface area contributed by atoms with Crippen molar-refractivity contribution >= 4 is 5.82 Å². The Bertz CT molecular complexity index is 358. The third-order valence-corrected chi connectivity index (χ3v) is 3.35. The van der Waals surface area contributed by atoms with Crippen LogP contribution in [0, 0.1) is 5.92 Å². The highest BCUT2D eigenvalue weighted by Gasteiger charge is 2.25. The largest absolute Gasteiger partial charge is 0.373 e. The lowest BCUT2D eigenvalue weighted by molar-refractivity contribution is 0.201. The zero-order valence-electron chi connectivity index (χ0n) is 11.1. The van der Waals surface area contributed by atoms with Crippen molar-refractivity contribution in [3.63, 3.8) is 0 Å². The number of rotatable bonds is 6. The summed E-state index contributed by atoms with van der Waals surface area (Å²) < 4.78 is 0. The first-order valence-corrected chi connectivity index (χ1v) is 6.56. The van der Waals surface area contributed by atoms with Gasteiger partial charge in [-0.1, -0.05) is 6.07 Å². The molecule has 0 amide bonds. The van der Waals surface area contributed by atoms with Crippen LogP contribution in [0.5, 0.6) is 0 Å². The van der Waals surface area contributed by atoms with Gasteiger partial charge in [0.2, 0.25) is 0 Å². The maximum atomic E-state index is 4.59. The van der Waals surface area contributed by atoms with Crippen molar-refractivity contribution in [3.8, 4) is 0 Å². The van der Waals surface area contributed by atoms with Crippen LogP contribution in [0.15, 0.2) is 18.2 Å². The second kappa shape index (κ2) is 5.50. The van der Waals surface area contributed by atoms with Gasteiger partial charge in [-0.3, -0.25) is 4.90 Å². The molecule has 1 saturated carbocycles. The van der Waals surface area contributed by atoms with Crippen molar-refractivity contribution < 1.29 is 0 Å². The van der Waals surface area contributed by atoms with E-state index in [0.717, 1.165) is 24.0 Å². The highest BCUT2D eigenvalue weighted by molar-refractivity contribution is 5.34. The molecule has 3 nitrogen and oxygen atoms in total. The minimum atomic E-state index is 0.593. The van der Waals surface area contributed by atoms with Gasteiger partial charge in [0.1, 0.15) is 5.82 Å². The van der Waals surface area contributed by atoms with Gasteiger partial charge in [0.15, 0.2) is 0 Å². The van der Waals surface area contributed by atoms with Gasteiger partial charge in [0.05, 0.1) is 5.69 Å². The molecule has 0 radical (unpaired) electrons. The number of aromatic nitrogens is 1. The molecular weight excluding hydrogens is 210 g/mol. The molecule has 1 aliphatic rings. The van der Waals surface area contributed by atoms with E-state index in [1.54, 1.807) is 0 Å². The summed E-state index contributed by atoms with van der Waals surface area (Å²) in [6, 6.07) is 6.78. The van der Waals surface area contributed by atoms with Gasteiger partial charge in [-0.25, -0.2) is 4.98 Å². The van der Waals surface area contributed by atoms with Gasteiger partial charge < -0.3 is 5.32 Å². The molecule has 17 heavy (non-hydrogen) atoms. The predicted molar refractivity (Wildman–Crippen MR) is 72.1 cm³/mol. The molecule has 0 saturated heterocycles. The van der Waals surface area contributed by atoms with Crippen molar-refractivity contribution in [2.24, 2.45) is 5.92 Å². The predicted octanol–water partition coefficient (Wildman–Crippen LogP) is 2.74. The van der Waals surface area contributed by atoms with Gasteiger partial charge >= 0.3 is 0 Å². The lowest BCUT2D eigenvalue weighted by atomic mass is 10.2. The van der Waals surface area contributed by atoms with Crippen LogP contribution in [-0.4, -0.2) is 29.5 Å². The fourth-order valence-corrected chi connectivity index (χ4v) is 2.00. The molecule has 1 aliphatic carbocycles. The Labute approximate surface area is 104 Å². The van der Waals surface area contributed by atoms with Crippen molar-refractivity contribution in [2.45, 2.75) is 39.3 Å². The van der Waals surface area contributed by atoms with Crippen LogP contribution >= 0.6 is 0 Å². The molecule has 0 aromatic carbocycles. The Balaban J connectivity index is 1.99. The summed E-state index contributed by atoms with van der Waals surface area (Å²) in [6.07, 6.45) is 2.82. The molecule has 1 aromatic heterocycles. The molecule has 1 aromatic rings. The summed E-state index contributed by atoms with van der Waals surface area (Å²) in [7, 11) is 1.91. The molecule has 0 atom stereocenters. The van der Waals surface area contributed by atoms with E-state index in [9.17, 15) is 0 Å². The third-order valence-electron chi connectivity index (χ3n) is 3.35. The van der Waals surface area contributed by atoms with Gasteiger partial charge in [0.25, 0.3) is 0 Å². The normalized spacial score (nSPS) is 15.6.